The van der Waals surface area contributed by atoms with Crippen molar-refractivity contribution in [3.05, 3.63) is 63.0 Å². The van der Waals surface area contributed by atoms with Crippen LogP contribution in [0.25, 0.3) is 11.0 Å². The summed E-state index contributed by atoms with van der Waals surface area (Å²) >= 11 is 0. The Hall–Kier alpha value is -3.48. The zero-order chi connectivity index (χ0) is 22.7. The van der Waals surface area contributed by atoms with Crippen molar-refractivity contribution >= 4 is 16.9 Å². The van der Waals surface area contributed by atoms with Crippen molar-refractivity contribution < 1.29 is 28.2 Å². The number of aryl methyl sites for hydroxylation is 3. The van der Waals surface area contributed by atoms with Crippen molar-refractivity contribution in [2.24, 2.45) is 0 Å². The second kappa shape index (κ2) is 9.34. The van der Waals surface area contributed by atoms with Crippen LogP contribution in [0.3, 0.4) is 0 Å². The molecular formula is C25H26O7. The van der Waals surface area contributed by atoms with Crippen molar-refractivity contribution in [3.8, 4) is 17.2 Å². The first-order valence-corrected chi connectivity index (χ1v) is 10.6. The lowest BCUT2D eigenvalue weighted by Gasteiger charge is -2.14. The van der Waals surface area contributed by atoms with E-state index < -0.39 is 5.63 Å². The molecule has 7 heteroatoms. The first kappa shape index (κ1) is 21.7. The van der Waals surface area contributed by atoms with Gasteiger partial charge >= 0.3 is 11.6 Å². The lowest BCUT2D eigenvalue weighted by Crippen LogP contribution is -2.09. The van der Waals surface area contributed by atoms with E-state index in [0.29, 0.717) is 34.8 Å². The number of methoxy groups -OCH3 is 3. The van der Waals surface area contributed by atoms with Gasteiger partial charge in [0.15, 0.2) is 11.5 Å². The molecule has 4 rings (SSSR count). The molecule has 168 valence electrons. The highest BCUT2D eigenvalue weighted by Gasteiger charge is 2.17. The number of hydrogen-bond donors (Lipinski definition) is 0. The lowest BCUT2D eigenvalue weighted by molar-refractivity contribution is -0.144. The molecule has 0 bridgehead atoms. The maximum Gasteiger partial charge on any atom is 0.336 e. The average molecular weight is 438 g/mol. The van der Waals surface area contributed by atoms with E-state index in [0.717, 1.165) is 30.2 Å². The Labute approximate surface area is 185 Å². The topological polar surface area (TPSA) is 84.2 Å². The van der Waals surface area contributed by atoms with Crippen molar-refractivity contribution in [1.29, 1.82) is 0 Å². The molecule has 0 atom stereocenters. The van der Waals surface area contributed by atoms with Crippen LogP contribution in [-0.2, 0) is 35.4 Å². The molecule has 1 aliphatic carbocycles. The first-order chi connectivity index (χ1) is 15.5. The van der Waals surface area contributed by atoms with Crippen molar-refractivity contribution in [1.82, 2.24) is 0 Å². The third-order valence-electron chi connectivity index (χ3n) is 5.77. The lowest BCUT2D eigenvalue weighted by atomic mass is 10.0. The molecule has 0 fully saturated rings. The molecule has 0 spiro atoms. The van der Waals surface area contributed by atoms with E-state index in [1.54, 1.807) is 21.3 Å². The van der Waals surface area contributed by atoms with Gasteiger partial charge in [0, 0.05) is 23.4 Å². The number of hydrogen-bond acceptors (Lipinski definition) is 7. The molecular weight excluding hydrogens is 412 g/mol. The van der Waals surface area contributed by atoms with E-state index in [4.69, 9.17) is 23.4 Å². The molecule has 1 aliphatic rings. The minimum absolute atomic E-state index is 0.0228. The van der Waals surface area contributed by atoms with Gasteiger partial charge in [0.05, 0.1) is 21.3 Å². The highest BCUT2D eigenvalue weighted by Crippen LogP contribution is 2.38. The number of esters is 1. The van der Waals surface area contributed by atoms with Crippen LogP contribution >= 0.6 is 0 Å². The van der Waals surface area contributed by atoms with Crippen LogP contribution in [-0.4, -0.2) is 27.3 Å². The number of carbonyl (C=O) groups is 1. The summed E-state index contributed by atoms with van der Waals surface area (Å²) in [4.78, 5) is 24.4. The summed E-state index contributed by atoms with van der Waals surface area (Å²) in [7, 11) is 4.64. The molecule has 0 N–H and O–H groups in total. The Bertz CT molecular complexity index is 1180. The predicted molar refractivity (Wildman–Crippen MR) is 119 cm³/mol. The van der Waals surface area contributed by atoms with E-state index in [1.165, 1.54) is 17.2 Å². The van der Waals surface area contributed by atoms with Crippen LogP contribution in [0.15, 0.2) is 39.5 Å². The number of ether oxygens (including phenoxy) is 4. The van der Waals surface area contributed by atoms with Crippen LogP contribution < -0.4 is 19.8 Å². The highest BCUT2D eigenvalue weighted by atomic mass is 16.5. The summed E-state index contributed by atoms with van der Waals surface area (Å²) in [6.45, 7) is 0.0228. The normalized spacial score (nSPS) is 12.5. The number of carbonyl (C=O) groups excluding carboxylic acids is 1. The van der Waals surface area contributed by atoms with Crippen LogP contribution in [0.5, 0.6) is 17.2 Å². The third-order valence-corrected chi connectivity index (χ3v) is 5.77. The second-order valence-corrected chi connectivity index (χ2v) is 7.76. The minimum atomic E-state index is -0.445. The van der Waals surface area contributed by atoms with Gasteiger partial charge in [-0.2, -0.15) is 0 Å². The Kier molecular flexibility index (Phi) is 6.35. The molecule has 2 aromatic carbocycles. The van der Waals surface area contributed by atoms with Crippen molar-refractivity contribution in [2.45, 2.75) is 38.7 Å². The average Bonchev–Trinajstić information content (AvgIpc) is 3.26. The molecule has 1 aromatic heterocycles. The molecule has 0 unspecified atom stereocenters. The largest absolute Gasteiger partial charge is 0.493 e. The Morgan fingerprint density at radius 3 is 2.28 bits per heavy atom. The van der Waals surface area contributed by atoms with Crippen LogP contribution in [0.1, 0.15) is 35.1 Å². The van der Waals surface area contributed by atoms with E-state index in [1.807, 2.05) is 18.2 Å². The zero-order valence-electron chi connectivity index (χ0n) is 18.5. The Morgan fingerprint density at radius 2 is 1.62 bits per heavy atom. The molecule has 1 heterocycles. The van der Waals surface area contributed by atoms with Crippen LogP contribution in [0.4, 0.5) is 0 Å². The van der Waals surface area contributed by atoms with Gasteiger partial charge in [0.25, 0.3) is 0 Å². The van der Waals surface area contributed by atoms with Crippen LogP contribution in [0.2, 0.25) is 0 Å². The maximum absolute atomic E-state index is 12.4. The third kappa shape index (κ3) is 4.42. The van der Waals surface area contributed by atoms with Gasteiger partial charge in [0.2, 0.25) is 5.75 Å². The zero-order valence-corrected chi connectivity index (χ0v) is 18.5. The molecule has 0 radical (unpaired) electrons. The number of rotatable bonds is 8. The molecule has 32 heavy (non-hydrogen) atoms. The van der Waals surface area contributed by atoms with Gasteiger partial charge in [-0.3, -0.25) is 4.79 Å². The fraction of sp³-hybridized carbons (Fsp3) is 0.360. The minimum Gasteiger partial charge on any atom is -0.493 e. The van der Waals surface area contributed by atoms with Gasteiger partial charge in [-0.25, -0.2) is 4.79 Å². The smallest absolute Gasteiger partial charge is 0.336 e. The van der Waals surface area contributed by atoms with Gasteiger partial charge in [-0.05, 0) is 66.6 Å². The molecule has 0 aliphatic heterocycles. The molecule has 3 aromatic rings. The van der Waals surface area contributed by atoms with Gasteiger partial charge in [-0.15, -0.1) is 0 Å². The van der Waals surface area contributed by atoms with E-state index in [9.17, 15) is 9.59 Å². The quantitative estimate of drug-likeness (QED) is 0.388. The summed E-state index contributed by atoms with van der Waals surface area (Å²) in [5, 5.41) is 0.822. The SMILES string of the molecule is COc1cc(CCC(=O)OCc2cc(=O)oc3cc4c(cc23)CCC4)cc(OC)c1OC. The summed E-state index contributed by atoms with van der Waals surface area (Å²) in [5.41, 5.74) is 4.10. The van der Waals surface area contributed by atoms with Gasteiger partial charge in [0.1, 0.15) is 12.2 Å². The predicted octanol–water partition coefficient (Wildman–Crippen LogP) is 3.98. The molecule has 7 nitrogen and oxygen atoms in total. The van der Waals surface area contributed by atoms with E-state index in [-0.39, 0.29) is 19.0 Å². The van der Waals surface area contributed by atoms with Crippen LogP contribution in [0, 0.1) is 0 Å². The van der Waals surface area contributed by atoms with Crippen molar-refractivity contribution in [2.75, 3.05) is 21.3 Å². The second-order valence-electron chi connectivity index (χ2n) is 7.76. The fourth-order valence-corrected chi connectivity index (χ4v) is 4.17. The summed E-state index contributed by atoms with van der Waals surface area (Å²) < 4.78 is 26.9. The van der Waals surface area contributed by atoms with Crippen molar-refractivity contribution in [3.63, 3.8) is 0 Å². The highest BCUT2D eigenvalue weighted by molar-refractivity contribution is 5.82. The number of fused-ring (bicyclic) bond motifs is 2. The number of benzene rings is 2. The summed E-state index contributed by atoms with van der Waals surface area (Å²) in [5.74, 6) is 1.21. The molecule has 0 amide bonds. The van der Waals surface area contributed by atoms with Gasteiger partial charge < -0.3 is 23.4 Å². The fourth-order valence-electron chi connectivity index (χ4n) is 4.17. The standard InChI is InChI=1S/C25H26O7/c1-28-21-9-15(10-22(29-2)25(21)30-3)7-8-23(26)31-14-18-13-24(27)32-20-12-17-6-4-5-16(17)11-19(18)20/h9-13H,4-8,14H2,1-3H3. The molecule has 0 saturated carbocycles. The summed E-state index contributed by atoms with van der Waals surface area (Å²) in [6.07, 6.45) is 3.73. The Balaban J connectivity index is 1.45. The van der Waals surface area contributed by atoms with Gasteiger partial charge in [-0.1, -0.05) is 0 Å². The monoisotopic (exact) mass is 438 g/mol. The maximum atomic E-state index is 12.4. The molecule has 0 saturated heterocycles. The van der Waals surface area contributed by atoms with E-state index in [2.05, 4.69) is 6.07 Å². The summed E-state index contributed by atoms with van der Waals surface area (Å²) in [6, 6.07) is 9.01. The Morgan fingerprint density at radius 1 is 0.938 bits per heavy atom. The first-order valence-electron chi connectivity index (χ1n) is 10.6. The van der Waals surface area contributed by atoms with E-state index >= 15 is 0 Å².